The molecule has 2 aromatic carbocycles. The summed E-state index contributed by atoms with van der Waals surface area (Å²) >= 11 is 2.34. The number of nitrogens with one attached hydrogen (secondary N) is 1. The predicted octanol–water partition coefficient (Wildman–Crippen LogP) is 4.76. The van der Waals surface area contributed by atoms with Crippen molar-refractivity contribution in [1.82, 2.24) is 9.78 Å². The van der Waals surface area contributed by atoms with E-state index in [4.69, 9.17) is 10.4 Å². The summed E-state index contributed by atoms with van der Waals surface area (Å²) in [5, 5.41) is 17.5. The van der Waals surface area contributed by atoms with Crippen LogP contribution in [0.2, 0.25) is 0 Å². The number of fused-ring (bicyclic) bond motifs is 1. The summed E-state index contributed by atoms with van der Waals surface area (Å²) in [6, 6.07) is 18.2. The number of halogens is 1. The highest BCUT2D eigenvalue weighted by atomic mass is 127. The van der Waals surface area contributed by atoms with Crippen molar-refractivity contribution in [1.29, 1.82) is 5.26 Å². The van der Waals surface area contributed by atoms with Crippen LogP contribution in [0.3, 0.4) is 0 Å². The third-order valence-electron chi connectivity index (χ3n) is 4.47. The number of benzene rings is 2. The van der Waals surface area contributed by atoms with Crippen LogP contribution in [0.1, 0.15) is 24.0 Å². The van der Waals surface area contributed by atoms with E-state index in [2.05, 4.69) is 58.2 Å². The molecule has 0 spiro atoms. The minimum atomic E-state index is 0.660. The average molecular weight is 440 g/mol. The third-order valence-corrected chi connectivity index (χ3v) is 5.14. The number of hydrogen-bond acceptors (Lipinski definition) is 3. The molecule has 1 aliphatic rings. The molecule has 124 valence electrons. The first-order chi connectivity index (χ1) is 12.3. The Kier molecular flexibility index (Phi) is 4.45. The van der Waals surface area contributed by atoms with Gasteiger partial charge in [-0.25, -0.2) is 4.68 Å². The van der Waals surface area contributed by atoms with Gasteiger partial charge in [0.2, 0.25) is 0 Å². The lowest BCUT2D eigenvalue weighted by Gasteiger charge is -2.09. The highest BCUT2D eigenvalue weighted by molar-refractivity contribution is 14.1. The smallest absolute Gasteiger partial charge is 0.133 e. The average Bonchev–Trinajstić information content (AvgIpc) is 2.83. The van der Waals surface area contributed by atoms with Gasteiger partial charge in [-0.05, 0) is 78.3 Å². The minimum absolute atomic E-state index is 0.660. The molecule has 0 atom stereocenters. The molecular weight excluding hydrogens is 423 g/mol. The zero-order valence-electron chi connectivity index (χ0n) is 13.7. The van der Waals surface area contributed by atoms with Gasteiger partial charge in [0.05, 0.1) is 23.0 Å². The number of aromatic nitrogens is 2. The maximum absolute atomic E-state index is 9.02. The van der Waals surface area contributed by atoms with Crippen molar-refractivity contribution in [2.45, 2.75) is 19.3 Å². The summed E-state index contributed by atoms with van der Waals surface area (Å²) in [5.41, 5.74) is 5.12. The van der Waals surface area contributed by atoms with Crippen LogP contribution in [0.25, 0.3) is 16.9 Å². The van der Waals surface area contributed by atoms with Crippen LogP contribution in [0.15, 0.2) is 48.5 Å². The summed E-state index contributed by atoms with van der Waals surface area (Å²) in [6.45, 7) is 0.959. The van der Waals surface area contributed by atoms with Crippen molar-refractivity contribution in [2.75, 3.05) is 11.9 Å². The molecule has 2 heterocycles. The molecule has 0 saturated heterocycles. The predicted molar refractivity (Wildman–Crippen MR) is 108 cm³/mol. The Balaban J connectivity index is 1.88. The van der Waals surface area contributed by atoms with E-state index < -0.39 is 0 Å². The normalized spacial score (nSPS) is 13.4. The van der Waals surface area contributed by atoms with Crippen LogP contribution in [0, 0.1) is 14.9 Å². The van der Waals surface area contributed by atoms with Crippen LogP contribution < -0.4 is 5.32 Å². The van der Waals surface area contributed by atoms with Crippen molar-refractivity contribution in [3.63, 3.8) is 0 Å². The maximum atomic E-state index is 9.02. The molecule has 1 aromatic heterocycles. The van der Waals surface area contributed by atoms with Crippen LogP contribution in [0.5, 0.6) is 0 Å². The Bertz CT molecular complexity index is 951. The monoisotopic (exact) mass is 440 g/mol. The van der Waals surface area contributed by atoms with E-state index in [0.29, 0.717) is 5.56 Å². The molecule has 0 amide bonds. The summed E-state index contributed by atoms with van der Waals surface area (Å²) < 4.78 is 3.19. The van der Waals surface area contributed by atoms with Gasteiger partial charge in [0.15, 0.2) is 0 Å². The molecule has 0 fully saturated rings. The Hall–Kier alpha value is -2.33. The van der Waals surface area contributed by atoms with Crippen LogP contribution in [-0.2, 0) is 6.42 Å². The lowest BCUT2D eigenvalue weighted by Crippen LogP contribution is -2.07. The number of rotatable bonds is 2. The van der Waals surface area contributed by atoms with Gasteiger partial charge in [0.1, 0.15) is 5.82 Å². The summed E-state index contributed by atoms with van der Waals surface area (Å²) in [4.78, 5) is 0. The van der Waals surface area contributed by atoms with Gasteiger partial charge in [0.25, 0.3) is 0 Å². The molecular formula is C20H17IN4. The number of nitriles is 1. The van der Waals surface area contributed by atoms with Gasteiger partial charge in [-0.2, -0.15) is 10.4 Å². The second-order valence-electron chi connectivity index (χ2n) is 6.14. The lowest BCUT2D eigenvalue weighted by atomic mass is 10.0. The number of hydrogen-bond donors (Lipinski definition) is 1. The van der Waals surface area contributed by atoms with Crippen molar-refractivity contribution >= 4 is 28.4 Å². The van der Waals surface area contributed by atoms with E-state index in [1.165, 1.54) is 9.13 Å². The van der Waals surface area contributed by atoms with Gasteiger partial charge >= 0.3 is 0 Å². The first kappa shape index (κ1) is 16.2. The van der Waals surface area contributed by atoms with Gasteiger partial charge in [0, 0.05) is 21.2 Å². The zero-order chi connectivity index (χ0) is 17.2. The highest BCUT2D eigenvalue weighted by Gasteiger charge is 2.21. The minimum Gasteiger partial charge on any atom is -0.370 e. The Labute approximate surface area is 160 Å². The van der Waals surface area contributed by atoms with Crippen LogP contribution in [-0.4, -0.2) is 16.3 Å². The second kappa shape index (κ2) is 6.89. The largest absolute Gasteiger partial charge is 0.370 e. The molecule has 0 unspecified atom stereocenters. The van der Waals surface area contributed by atoms with Crippen molar-refractivity contribution in [3.05, 3.63) is 63.2 Å². The van der Waals surface area contributed by atoms with Crippen molar-refractivity contribution in [3.8, 4) is 23.0 Å². The van der Waals surface area contributed by atoms with Gasteiger partial charge in [-0.3, -0.25) is 0 Å². The van der Waals surface area contributed by atoms with E-state index in [1.54, 1.807) is 0 Å². The SMILES string of the molecule is N#Cc1ccc(-n2nc(-c3cccc(I)c3)c3c2NCCCC3)cc1. The first-order valence-corrected chi connectivity index (χ1v) is 9.46. The molecule has 25 heavy (non-hydrogen) atoms. The van der Waals surface area contributed by atoms with E-state index in [0.717, 1.165) is 48.6 Å². The molecule has 0 aliphatic carbocycles. The van der Waals surface area contributed by atoms with E-state index in [1.807, 2.05) is 28.9 Å². The summed E-state index contributed by atoms with van der Waals surface area (Å²) in [7, 11) is 0. The molecule has 1 N–H and O–H groups in total. The Morgan fingerprint density at radius 2 is 1.96 bits per heavy atom. The topological polar surface area (TPSA) is 53.6 Å². The number of nitrogens with zero attached hydrogens (tertiary/aromatic N) is 3. The summed E-state index contributed by atoms with van der Waals surface area (Å²) in [5.74, 6) is 1.08. The molecule has 4 nitrogen and oxygen atoms in total. The van der Waals surface area contributed by atoms with Gasteiger partial charge < -0.3 is 5.32 Å². The summed E-state index contributed by atoms with van der Waals surface area (Å²) in [6.07, 6.45) is 3.35. The standard InChI is InChI=1S/C20H17IN4/c21-16-5-3-4-15(12-16)19-18-6-1-2-11-23-20(18)25(24-19)17-9-7-14(13-22)8-10-17/h3-5,7-10,12,23H,1-2,6,11H2. The second-order valence-corrected chi connectivity index (χ2v) is 7.39. The van der Waals surface area contributed by atoms with E-state index in [9.17, 15) is 0 Å². The number of anilines is 1. The van der Waals surface area contributed by atoms with E-state index in [-0.39, 0.29) is 0 Å². The van der Waals surface area contributed by atoms with E-state index >= 15 is 0 Å². The van der Waals surface area contributed by atoms with Gasteiger partial charge in [-0.15, -0.1) is 0 Å². The Morgan fingerprint density at radius 1 is 1.12 bits per heavy atom. The zero-order valence-corrected chi connectivity index (χ0v) is 15.8. The van der Waals surface area contributed by atoms with Crippen LogP contribution in [0.4, 0.5) is 5.82 Å². The van der Waals surface area contributed by atoms with Crippen LogP contribution >= 0.6 is 22.6 Å². The Morgan fingerprint density at radius 3 is 2.72 bits per heavy atom. The molecule has 4 rings (SSSR count). The quantitative estimate of drug-likeness (QED) is 0.585. The van der Waals surface area contributed by atoms with Crippen molar-refractivity contribution in [2.24, 2.45) is 0 Å². The first-order valence-electron chi connectivity index (χ1n) is 8.38. The fraction of sp³-hybridized carbons (Fsp3) is 0.200. The molecule has 1 aliphatic heterocycles. The fourth-order valence-corrected chi connectivity index (χ4v) is 3.78. The molecule has 0 radical (unpaired) electrons. The molecule has 0 saturated carbocycles. The van der Waals surface area contributed by atoms with Gasteiger partial charge in [-0.1, -0.05) is 12.1 Å². The molecule has 0 bridgehead atoms. The lowest BCUT2D eigenvalue weighted by molar-refractivity contribution is 0.780. The maximum Gasteiger partial charge on any atom is 0.133 e. The highest BCUT2D eigenvalue weighted by Crippen LogP contribution is 2.34. The fourth-order valence-electron chi connectivity index (χ4n) is 3.23. The molecule has 5 heteroatoms. The van der Waals surface area contributed by atoms with Crippen molar-refractivity contribution < 1.29 is 0 Å². The molecule has 3 aromatic rings. The third kappa shape index (κ3) is 3.14.